The molecule has 0 atom stereocenters. The van der Waals surface area contributed by atoms with Crippen molar-refractivity contribution in [2.75, 3.05) is 44.3 Å². The first-order valence-corrected chi connectivity index (χ1v) is 8.14. The van der Waals surface area contributed by atoms with Crippen LogP contribution in [0.1, 0.15) is 0 Å². The first kappa shape index (κ1) is 18.2. The van der Waals surface area contributed by atoms with Crippen molar-refractivity contribution < 1.29 is 32.5 Å². The monoisotopic (exact) mass is 371 g/mol. The summed E-state index contributed by atoms with van der Waals surface area (Å²) in [4.78, 5) is 39.2. The van der Waals surface area contributed by atoms with Gasteiger partial charge < -0.3 is 9.80 Å². The van der Waals surface area contributed by atoms with Gasteiger partial charge in [0.2, 0.25) is 0 Å². The van der Waals surface area contributed by atoms with Crippen molar-refractivity contribution in [1.82, 2.24) is 9.80 Å². The molecule has 0 spiro atoms. The Bertz CT molecular complexity index is 702. The standard InChI is InChI=1S/C16H17F3N4O3/c17-16(18,19)10-22-13(24)14(25)23(15(22)26)11-20-6-8-21(9-7-20)12-4-2-1-3-5-12/h1-5H,6-11H2/p+1. The van der Waals surface area contributed by atoms with Crippen molar-refractivity contribution >= 4 is 23.5 Å². The highest BCUT2D eigenvalue weighted by Gasteiger charge is 2.50. The first-order valence-electron chi connectivity index (χ1n) is 8.14. The van der Waals surface area contributed by atoms with Gasteiger partial charge in [0.05, 0.1) is 26.2 Å². The molecule has 7 nitrogen and oxygen atoms in total. The summed E-state index contributed by atoms with van der Waals surface area (Å²) < 4.78 is 37.5. The molecular formula is C16H18F3N4O3+. The average molecular weight is 371 g/mol. The number of para-hydroxylation sites is 1. The number of nitrogens with one attached hydrogen (secondary N) is 1. The normalized spacial score (nSPS) is 19.7. The average Bonchev–Trinajstić information content (AvgIpc) is 2.80. The van der Waals surface area contributed by atoms with Gasteiger partial charge in [0.25, 0.3) is 0 Å². The van der Waals surface area contributed by atoms with E-state index in [9.17, 15) is 27.6 Å². The first-order chi connectivity index (χ1) is 12.3. The molecule has 2 fully saturated rings. The SMILES string of the molecule is O=C1C(=O)N(CC(F)(F)F)C(=O)N1C[NH+]1CCN(c2ccccc2)CC1. The molecule has 0 unspecified atom stereocenters. The van der Waals surface area contributed by atoms with Gasteiger partial charge in [-0.1, -0.05) is 18.2 Å². The highest BCUT2D eigenvalue weighted by Crippen LogP contribution is 2.21. The molecule has 1 N–H and O–H groups in total. The van der Waals surface area contributed by atoms with Crippen LogP contribution in [0.15, 0.2) is 30.3 Å². The molecule has 3 rings (SSSR count). The Balaban J connectivity index is 1.59. The zero-order valence-corrected chi connectivity index (χ0v) is 13.8. The van der Waals surface area contributed by atoms with Crippen LogP contribution < -0.4 is 9.80 Å². The van der Waals surface area contributed by atoms with E-state index in [2.05, 4.69) is 4.90 Å². The van der Waals surface area contributed by atoms with Crippen molar-refractivity contribution in [1.29, 1.82) is 0 Å². The second-order valence-electron chi connectivity index (χ2n) is 6.25. The van der Waals surface area contributed by atoms with Crippen LogP contribution in [0.3, 0.4) is 0 Å². The maximum absolute atomic E-state index is 12.5. The van der Waals surface area contributed by atoms with Gasteiger partial charge in [-0.3, -0.25) is 9.59 Å². The zero-order chi connectivity index (χ0) is 18.9. The Morgan fingerprint density at radius 2 is 1.50 bits per heavy atom. The molecule has 2 saturated heterocycles. The van der Waals surface area contributed by atoms with E-state index in [0.29, 0.717) is 31.1 Å². The molecule has 0 aromatic heterocycles. The van der Waals surface area contributed by atoms with E-state index >= 15 is 0 Å². The molecule has 1 aromatic carbocycles. The van der Waals surface area contributed by atoms with Gasteiger partial charge in [-0.25, -0.2) is 14.6 Å². The number of imide groups is 2. The highest BCUT2D eigenvalue weighted by atomic mass is 19.4. The van der Waals surface area contributed by atoms with Gasteiger partial charge in [0, 0.05) is 5.69 Å². The molecule has 2 aliphatic heterocycles. The number of carbonyl (C=O) groups excluding carboxylic acids is 3. The molecular weight excluding hydrogens is 353 g/mol. The number of rotatable bonds is 4. The summed E-state index contributed by atoms with van der Waals surface area (Å²) in [6.45, 7) is 0.689. The summed E-state index contributed by atoms with van der Waals surface area (Å²) in [6, 6.07) is 8.53. The molecule has 2 heterocycles. The Hall–Kier alpha value is -2.62. The number of anilines is 1. The van der Waals surface area contributed by atoms with Crippen LogP contribution in [-0.2, 0) is 9.59 Å². The molecule has 140 valence electrons. The highest BCUT2D eigenvalue weighted by molar-refractivity contribution is 6.44. The summed E-state index contributed by atoms with van der Waals surface area (Å²) >= 11 is 0. The molecule has 0 aliphatic carbocycles. The van der Waals surface area contributed by atoms with Gasteiger partial charge in [-0.2, -0.15) is 13.2 Å². The van der Waals surface area contributed by atoms with Crippen LogP contribution in [0.4, 0.5) is 23.7 Å². The van der Waals surface area contributed by atoms with Crippen LogP contribution in [0.2, 0.25) is 0 Å². The van der Waals surface area contributed by atoms with Crippen LogP contribution in [0.25, 0.3) is 0 Å². The van der Waals surface area contributed by atoms with Gasteiger partial charge in [0.15, 0.2) is 6.67 Å². The fourth-order valence-electron chi connectivity index (χ4n) is 3.11. The molecule has 0 radical (unpaired) electrons. The maximum atomic E-state index is 12.5. The molecule has 26 heavy (non-hydrogen) atoms. The van der Waals surface area contributed by atoms with E-state index in [0.717, 1.165) is 10.6 Å². The third kappa shape index (κ3) is 3.79. The van der Waals surface area contributed by atoms with Crippen molar-refractivity contribution in [2.45, 2.75) is 6.18 Å². The molecule has 2 aliphatic rings. The number of carbonyl (C=O) groups is 3. The van der Waals surface area contributed by atoms with E-state index in [-0.39, 0.29) is 11.6 Å². The maximum Gasteiger partial charge on any atom is 0.406 e. The number of amides is 4. The van der Waals surface area contributed by atoms with E-state index in [1.165, 1.54) is 0 Å². The lowest BCUT2D eigenvalue weighted by molar-refractivity contribution is -0.907. The quantitative estimate of drug-likeness (QED) is 0.583. The molecule has 1 aromatic rings. The minimum absolute atomic E-state index is 0.0397. The predicted octanol–water partition coefficient (Wildman–Crippen LogP) is -0.298. The Morgan fingerprint density at radius 3 is 2.08 bits per heavy atom. The van der Waals surface area contributed by atoms with Crippen LogP contribution >= 0.6 is 0 Å². The third-order valence-electron chi connectivity index (χ3n) is 4.45. The minimum Gasteiger partial charge on any atom is -0.360 e. The number of benzene rings is 1. The topological polar surface area (TPSA) is 65.4 Å². The van der Waals surface area contributed by atoms with Gasteiger partial charge >= 0.3 is 24.0 Å². The summed E-state index contributed by atoms with van der Waals surface area (Å²) in [5.41, 5.74) is 1.06. The molecule has 0 saturated carbocycles. The molecule has 10 heteroatoms. The minimum atomic E-state index is -4.74. The molecule has 0 bridgehead atoms. The van der Waals surface area contributed by atoms with Crippen LogP contribution in [-0.4, -0.2) is 73.2 Å². The number of hydrogen-bond acceptors (Lipinski definition) is 4. The number of quaternary nitrogens is 1. The van der Waals surface area contributed by atoms with E-state index in [1.807, 2.05) is 30.3 Å². The number of hydrogen-bond donors (Lipinski definition) is 1. The summed E-state index contributed by atoms with van der Waals surface area (Å²) in [6.07, 6.45) is -4.74. The Kier molecular flexibility index (Phi) is 4.86. The fraction of sp³-hybridized carbons (Fsp3) is 0.438. The van der Waals surface area contributed by atoms with Crippen molar-refractivity contribution in [3.8, 4) is 0 Å². The number of piperazine rings is 1. The Labute approximate surface area is 147 Å². The zero-order valence-electron chi connectivity index (χ0n) is 13.8. The van der Waals surface area contributed by atoms with Crippen LogP contribution in [0, 0.1) is 0 Å². The lowest BCUT2D eigenvalue weighted by atomic mass is 10.2. The summed E-state index contributed by atoms with van der Waals surface area (Å²) in [5, 5.41) is 0. The molecule has 4 amide bonds. The fourth-order valence-corrected chi connectivity index (χ4v) is 3.11. The third-order valence-corrected chi connectivity index (χ3v) is 4.45. The van der Waals surface area contributed by atoms with Gasteiger partial charge in [-0.15, -0.1) is 0 Å². The van der Waals surface area contributed by atoms with Crippen molar-refractivity contribution in [2.24, 2.45) is 0 Å². The number of nitrogens with zero attached hydrogens (tertiary/aromatic N) is 3. The number of urea groups is 1. The lowest BCUT2D eigenvalue weighted by Crippen LogP contribution is -3.16. The Morgan fingerprint density at radius 1 is 0.923 bits per heavy atom. The largest absolute Gasteiger partial charge is 0.406 e. The number of halogens is 3. The van der Waals surface area contributed by atoms with Gasteiger partial charge in [-0.05, 0) is 12.1 Å². The van der Waals surface area contributed by atoms with Crippen molar-refractivity contribution in [3.05, 3.63) is 30.3 Å². The second-order valence-corrected chi connectivity index (χ2v) is 6.25. The number of alkyl halides is 3. The van der Waals surface area contributed by atoms with E-state index in [4.69, 9.17) is 0 Å². The summed E-state index contributed by atoms with van der Waals surface area (Å²) in [7, 11) is 0. The second kappa shape index (κ2) is 6.94. The van der Waals surface area contributed by atoms with Crippen molar-refractivity contribution in [3.63, 3.8) is 0 Å². The lowest BCUT2D eigenvalue weighted by Gasteiger charge is -2.34. The smallest absolute Gasteiger partial charge is 0.360 e. The van der Waals surface area contributed by atoms with Crippen LogP contribution in [0.5, 0.6) is 0 Å². The predicted molar refractivity (Wildman–Crippen MR) is 84.2 cm³/mol. The van der Waals surface area contributed by atoms with Gasteiger partial charge in [0.1, 0.15) is 6.54 Å². The van der Waals surface area contributed by atoms with E-state index < -0.39 is 30.6 Å². The summed E-state index contributed by atoms with van der Waals surface area (Å²) in [5.74, 6) is -2.62. The van der Waals surface area contributed by atoms with E-state index in [1.54, 1.807) is 0 Å².